The zero-order chi connectivity index (χ0) is 53.7. The Morgan fingerprint density at radius 2 is 0.973 bits per heavy atom. The van der Waals surface area contributed by atoms with Crippen molar-refractivity contribution < 1.29 is 41.4 Å². The third kappa shape index (κ3) is 13.0. The van der Waals surface area contributed by atoms with E-state index in [0.29, 0.717) is 82.2 Å². The zero-order valence-electron chi connectivity index (χ0n) is 43.8. The highest BCUT2D eigenvalue weighted by Crippen LogP contribution is 2.37. The van der Waals surface area contributed by atoms with E-state index in [9.17, 15) is 26.4 Å². The molecule has 7 aromatic rings. The molecule has 0 aliphatic rings. The summed E-state index contributed by atoms with van der Waals surface area (Å²) < 4.78 is 65.6. The minimum atomic E-state index is -3.87. The van der Waals surface area contributed by atoms with Crippen LogP contribution in [0.15, 0.2) is 149 Å². The van der Waals surface area contributed by atoms with Crippen LogP contribution in [-0.2, 0) is 45.7 Å². The van der Waals surface area contributed by atoms with Crippen LogP contribution < -0.4 is 18.2 Å². The molecule has 0 aliphatic carbocycles. The standard InChI is InChI=1S/C31H34N2O4S.C29H35NO5S/c1-4-5-22-33(38(36,37)30-15-9-11-26-27(30)12-8-14-29(26)32(2)3)28-13-7-6-10-24(28)19-16-23-17-20-25(21-18-23)31(34)35;1-6-7-18-30(36(33,34)28-20(2)19-27(35-5)21(3)22(28)4)26-11-9-8-10-24(26)15-12-23-13-16-25(17-14-23)29(31)32/h6-15,17-18,20-21H,4-5,16,19,22H2,1-3H3,(H,34,35);8-11,13-14,16-17,19H,6-7,12,15,18H2,1-5H3,(H,31,32). The first-order valence-electron chi connectivity index (χ1n) is 25.0. The molecule has 7 aromatic carbocycles. The second kappa shape index (κ2) is 25.2. The smallest absolute Gasteiger partial charge is 0.335 e. The van der Waals surface area contributed by atoms with Gasteiger partial charge in [-0.3, -0.25) is 8.61 Å². The molecule has 12 nitrogen and oxygen atoms in total. The van der Waals surface area contributed by atoms with Gasteiger partial charge in [0, 0.05) is 43.6 Å². The third-order valence-corrected chi connectivity index (χ3v) is 17.3. The Labute approximate surface area is 438 Å². The number of unbranched alkanes of at least 4 members (excludes halogenated alkanes) is 2. The molecule has 0 aliphatic heterocycles. The van der Waals surface area contributed by atoms with Gasteiger partial charge in [-0.15, -0.1) is 0 Å². The summed E-state index contributed by atoms with van der Waals surface area (Å²) in [6, 6.07) is 42.0. The number of para-hydroxylation sites is 2. The van der Waals surface area contributed by atoms with Crippen molar-refractivity contribution in [3.63, 3.8) is 0 Å². The van der Waals surface area contributed by atoms with Crippen LogP contribution in [0.1, 0.15) is 99.2 Å². The Balaban J connectivity index is 0.000000241. The van der Waals surface area contributed by atoms with E-state index in [1.54, 1.807) is 52.1 Å². The van der Waals surface area contributed by atoms with E-state index in [4.69, 9.17) is 14.9 Å². The van der Waals surface area contributed by atoms with Crippen molar-refractivity contribution in [2.24, 2.45) is 0 Å². The van der Waals surface area contributed by atoms with Crippen LogP contribution >= 0.6 is 0 Å². The number of nitrogens with zero attached hydrogens (tertiary/aromatic N) is 3. The first kappa shape index (κ1) is 56.1. The number of anilines is 3. The van der Waals surface area contributed by atoms with Crippen LogP contribution in [0.5, 0.6) is 5.75 Å². The van der Waals surface area contributed by atoms with E-state index in [2.05, 4.69) is 6.92 Å². The van der Waals surface area contributed by atoms with Gasteiger partial charge < -0.3 is 19.8 Å². The third-order valence-electron chi connectivity index (χ3n) is 13.4. The number of carbonyl (C=O) groups is 2. The minimum absolute atomic E-state index is 0.247. The van der Waals surface area contributed by atoms with E-state index >= 15 is 0 Å². The van der Waals surface area contributed by atoms with Gasteiger partial charge in [-0.25, -0.2) is 26.4 Å². The van der Waals surface area contributed by atoms with Crippen LogP contribution in [0.4, 0.5) is 17.1 Å². The lowest BCUT2D eigenvalue weighted by molar-refractivity contribution is 0.0686. The molecule has 0 amide bonds. The van der Waals surface area contributed by atoms with Crippen molar-refractivity contribution in [1.29, 1.82) is 0 Å². The van der Waals surface area contributed by atoms with Crippen LogP contribution in [0, 0.1) is 20.8 Å². The van der Waals surface area contributed by atoms with Gasteiger partial charge in [0.05, 0.1) is 39.4 Å². The SMILES string of the molecule is CCCCN(c1ccccc1CCc1ccc(C(=O)O)cc1)S(=O)(=O)c1c(C)cc(OC)c(C)c1C.CCCCN(c1ccccc1CCc1ccc(C(=O)O)cc1)S(=O)(=O)c1cccc2c(N(C)C)cccc12. The average molecular weight is 1040 g/mol. The molecule has 0 saturated carbocycles. The summed E-state index contributed by atoms with van der Waals surface area (Å²) in [4.78, 5) is 24.9. The molecule has 0 unspecified atom stereocenters. The van der Waals surface area contributed by atoms with E-state index in [1.807, 2.05) is 150 Å². The Kier molecular flexibility index (Phi) is 19.1. The molecule has 0 aromatic heterocycles. The van der Waals surface area contributed by atoms with Crippen LogP contribution in [0.3, 0.4) is 0 Å². The zero-order valence-corrected chi connectivity index (χ0v) is 45.4. The Hall–Kier alpha value is -7.16. The maximum Gasteiger partial charge on any atom is 0.335 e. The molecular formula is C60H69N3O9S2. The summed E-state index contributed by atoms with van der Waals surface area (Å²) in [6.45, 7) is 10.4. The van der Waals surface area contributed by atoms with E-state index in [-0.39, 0.29) is 11.1 Å². The number of methoxy groups -OCH3 is 1. The molecule has 0 saturated heterocycles. The molecule has 390 valence electrons. The highest BCUT2D eigenvalue weighted by atomic mass is 32.2. The number of ether oxygens (including phenoxy) is 1. The molecule has 0 fully saturated rings. The summed E-state index contributed by atoms with van der Waals surface area (Å²) in [6.07, 6.45) is 5.78. The van der Waals surface area contributed by atoms with Crippen molar-refractivity contribution in [1.82, 2.24) is 0 Å². The molecular weight excluding hydrogens is 971 g/mol. The lowest BCUT2D eigenvalue weighted by Gasteiger charge is -2.29. The number of aryl methyl sites for hydroxylation is 5. The number of benzene rings is 7. The van der Waals surface area contributed by atoms with E-state index in [0.717, 1.165) is 64.6 Å². The van der Waals surface area contributed by atoms with Crippen LogP contribution in [-0.4, -0.2) is 73.3 Å². The van der Waals surface area contributed by atoms with Crippen molar-refractivity contribution >= 4 is 59.8 Å². The number of carboxylic acid groups (broad SMARTS) is 2. The lowest BCUT2D eigenvalue weighted by Crippen LogP contribution is -2.34. The first-order chi connectivity index (χ1) is 35.3. The number of fused-ring (bicyclic) bond motifs is 1. The molecule has 0 heterocycles. The number of sulfonamides is 2. The topological polar surface area (TPSA) is 162 Å². The molecule has 0 bridgehead atoms. The van der Waals surface area contributed by atoms with Gasteiger partial charge in [-0.05, 0) is 153 Å². The number of hydrogen-bond acceptors (Lipinski definition) is 8. The van der Waals surface area contributed by atoms with Crippen molar-refractivity contribution in [3.05, 3.63) is 190 Å². The molecule has 0 atom stereocenters. The lowest BCUT2D eigenvalue weighted by atomic mass is 10.0. The van der Waals surface area contributed by atoms with Crippen LogP contribution in [0.2, 0.25) is 0 Å². The Morgan fingerprint density at radius 1 is 0.527 bits per heavy atom. The molecule has 0 spiro atoms. The van der Waals surface area contributed by atoms with E-state index < -0.39 is 32.0 Å². The highest BCUT2D eigenvalue weighted by Gasteiger charge is 2.32. The van der Waals surface area contributed by atoms with Gasteiger partial charge in [0.15, 0.2) is 0 Å². The van der Waals surface area contributed by atoms with Gasteiger partial charge in [-0.1, -0.05) is 112 Å². The Morgan fingerprint density at radius 3 is 1.43 bits per heavy atom. The second-order valence-corrected chi connectivity index (χ2v) is 22.3. The molecule has 7 rings (SSSR count). The second-order valence-electron chi connectivity index (χ2n) is 18.6. The maximum atomic E-state index is 14.3. The quantitative estimate of drug-likeness (QED) is 0.0668. The predicted molar refractivity (Wildman–Crippen MR) is 299 cm³/mol. The number of rotatable bonds is 22. The van der Waals surface area contributed by atoms with Gasteiger partial charge in [-0.2, -0.15) is 0 Å². The van der Waals surface area contributed by atoms with Crippen molar-refractivity contribution in [2.45, 2.75) is 95.8 Å². The predicted octanol–water partition coefficient (Wildman–Crippen LogP) is 12.5. The van der Waals surface area contributed by atoms with Crippen molar-refractivity contribution in [3.8, 4) is 5.75 Å². The number of hydrogen-bond donors (Lipinski definition) is 2. The van der Waals surface area contributed by atoms with Crippen LogP contribution in [0.25, 0.3) is 10.8 Å². The summed E-state index contributed by atoms with van der Waals surface area (Å²) in [5, 5.41) is 19.9. The first-order valence-corrected chi connectivity index (χ1v) is 27.9. The molecule has 14 heteroatoms. The largest absolute Gasteiger partial charge is 0.496 e. The molecule has 0 radical (unpaired) electrons. The monoisotopic (exact) mass is 1040 g/mol. The fourth-order valence-electron chi connectivity index (χ4n) is 9.20. The molecule has 74 heavy (non-hydrogen) atoms. The number of carboxylic acids is 2. The van der Waals surface area contributed by atoms with Crippen molar-refractivity contribution in [2.75, 3.05) is 47.8 Å². The summed E-state index contributed by atoms with van der Waals surface area (Å²) >= 11 is 0. The fourth-order valence-corrected chi connectivity index (χ4v) is 13.0. The fraction of sp³-hybridized carbons (Fsp3) is 0.300. The average Bonchev–Trinajstić information content (AvgIpc) is 3.39. The van der Waals surface area contributed by atoms with Gasteiger partial charge in [0.2, 0.25) is 0 Å². The summed E-state index contributed by atoms with van der Waals surface area (Å²) in [5.41, 5.74) is 8.86. The van der Waals surface area contributed by atoms with Gasteiger partial charge >= 0.3 is 11.9 Å². The molecule has 2 N–H and O–H groups in total. The Bertz CT molecular complexity index is 3300. The van der Waals surface area contributed by atoms with Gasteiger partial charge in [0.1, 0.15) is 5.75 Å². The van der Waals surface area contributed by atoms with E-state index in [1.165, 1.54) is 0 Å². The normalized spacial score (nSPS) is 11.4. The summed E-state index contributed by atoms with van der Waals surface area (Å²) in [5.74, 6) is -1.23. The summed E-state index contributed by atoms with van der Waals surface area (Å²) in [7, 11) is -2.21. The maximum absolute atomic E-state index is 14.3. The highest BCUT2D eigenvalue weighted by molar-refractivity contribution is 7.93. The minimum Gasteiger partial charge on any atom is -0.496 e. The number of aromatic carboxylic acids is 2. The van der Waals surface area contributed by atoms with Gasteiger partial charge in [0.25, 0.3) is 20.0 Å².